The number of quaternary nitrogens is 1. The molecule has 0 aromatic carbocycles. The van der Waals surface area contributed by atoms with Crippen molar-refractivity contribution in [2.45, 2.75) is 116 Å². The van der Waals surface area contributed by atoms with Gasteiger partial charge in [-0.2, -0.15) is 0 Å². The maximum Gasteiger partial charge on any atom is 0.193 e. The number of allylic oxidation sites excluding steroid dienone is 4. The van der Waals surface area contributed by atoms with Gasteiger partial charge in [0, 0.05) is 20.1 Å². The van der Waals surface area contributed by atoms with Crippen LogP contribution in [0.15, 0.2) is 24.3 Å². The highest BCUT2D eigenvalue weighted by Crippen LogP contribution is 2.48. The molecule has 2 unspecified atom stereocenters. The number of unbranched alkanes of at least 4 members (excludes halogenated alkanes) is 9. The molecule has 0 fully saturated rings. The van der Waals surface area contributed by atoms with Crippen LogP contribution in [0.25, 0.3) is 0 Å². The summed E-state index contributed by atoms with van der Waals surface area (Å²) in [6.07, 6.45) is 24.9. The van der Waals surface area contributed by atoms with Crippen LogP contribution in [0, 0.1) is 0 Å². The summed E-state index contributed by atoms with van der Waals surface area (Å²) < 4.78 is 29.5. The van der Waals surface area contributed by atoms with Crippen LogP contribution < -0.4 is 4.89 Å². The first-order chi connectivity index (χ1) is 17.2. The van der Waals surface area contributed by atoms with Crippen LogP contribution in [0.3, 0.4) is 0 Å². The summed E-state index contributed by atoms with van der Waals surface area (Å²) in [6, 6.07) is 0. The Kier molecular flexibility index (Phi) is 22.2. The van der Waals surface area contributed by atoms with Gasteiger partial charge in [0.05, 0.1) is 34.4 Å². The Hall–Kier alpha value is -0.490. The Labute approximate surface area is 223 Å². The molecular formula is C29H58NO5P. The average Bonchev–Trinajstić information content (AvgIpc) is 2.82. The number of ether oxygens (including phenoxy) is 2. The topological polar surface area (TPSA) is 67.8 Å². The normalized spacial score (nSPS) is 16.1. The fraction of sp³-hybridized carbons (Fsp3) is 0.862. The first-order valence-electron chi connectivity index (χ1n) is 14.4. The lowest BCUT2D eigenvalue weighted by Crippen LogP contribution is -2.47. The summed E-state index contributed by atoms with van der Waals surface area (Å²) >= 11 is 0. The van der Waals surface area contributed by atoms with Gasteiger partial charge in [-0.05, 0) is 64.2 Å². The third kappa shape index (κ3) is 19.6. The van der Waals surface area contributed by atoms with E-state index in [0.717, 1.165) is 25.7 Å². The van der Waals surface area contributed by atoms with Crippen molar-refractivity contribution in [1.82, 2.24) is 0 Å². The molecular weight excluding hydrogens is 473 g/mol. The third-order valence-corrected chi connectivity index (χ3v) is 8.53. The Morgan fingerprint density at radius 2 is 1.31 bits per heavy atom. The molecule has 0 aromatic heterocycles. The molecule has 6 nitrogen and oxygen atoms in total. The zero-order valence-corrected chi connectivity index (χ0v) is 25.3. The Balaban J connectivity index is 3.82. The molecule has 0 radical (unpaired) electrons. The highest BCUT2D eigenvalue weighted by Gasteiger charge is 2.35. The van der Waals surface area contributed by atoms with Gasteiger partial charge in [-0.25, -0.2) is 0 Å². The zero-order valence-electron chi connectivity index (χ0n) is 24.4. The molecule has 0 heterocycles. The maximum absolute atomic E-state index is 12.7. The van der Waals surface area contributed by atoms with Crippen molar-refractivity contribution in [3.63, 3.8) is 0 Å². The summed E-state index contributed by atoms with van der Waals surface area (Å²) in [5.74, 6) is -0.558. The van der Waals surface area contributed by atoms with E-state index in [9.17, 15) is 9.46 Å². The predicted molar refractivity (Wildman–Crippen MR) is 151 cm³/mol. The molecule has 0 N–H and O–H groups in total. The minimum atomic E-state index is -4.01. The fourth-order valence-corrected chi connectivity index (χ4v) is 6.02. The van der Waals surface area contributed by atoms with Crippen molar-refractivity contribution in [3.8, 4) is 0 Å². The van der Waals surface area contributed by atoms with Crippen molar-refractivity contribution in [1.29, 1.82) is 0 Å². The standard InChI is InChI=1S/C29H58NO5P/c1-7-9-10-11-12-13-14-15-16-17-18-19-20-21-22-23-25-34-26-28(33-6)27-35-36(31,32)29(24-8-2)30(3,4)5/h12-13,18-19,28-29H,7-11,14-17,20-27H2,1-6H3/b13-12-,19-18-/t28-,29?/m1/s1. The van der Waals surface area contributed by atoms with Crippen LogP contribution in [0.1, 0.15) is 104 Å². The van der Waals surface area contributed by atoms with E-state index >= 15 is 0 Å². The van der Waals surface area contributed by atoms with E-state index in [0.29, 0.717) is 24.1 Å². The molecule has 0 saturated carbocycles. The summed E-state index contributed by atoms with van der Waals surface area (Å²) in [5, 5.41) is 0. The van der Waals surface area contributed by atoms with Crippen LogP contribution >= 0.6 is 7.60 Å². The average molecular weight is 532 g/mol. The summed E-state index contributed by atoms with van der Waals surface area (Å²) in [6.45, 7) is 5.23. The van der Waals surface area contributed by atoms with Crippen LogP contribution in [0.2, 0.25) is 0 Å². The van der Waals surface area contributed by atoms with Crippen molar-refractivity contribution >= 4 is 7.60 Å². The van der Waals surface area contributed by atoms with Gasteiger partial charge in [0.25, 0.3) is 0 Å². The highest BCUT2D eigenvalue weighted by molar-refractivity contribution is 7.51. The van der Waals surface area contributed by atoms with Gasteiger partial charge in [-0.3, -0.25) is 0 Å². The second-order valence-corrected chi connectivity index (χ2v) is 12.7. The third-order valence-electron chi connectivity index (χ3n) is 6.34. The van der Waals surface area contributed by atoms with E-state index < -0.39 is 13.4 Å². The van der Waals surface area contributed by atoms with Crippen molar-refractivity contribution < 1.29 is 27.9 Å². The van der Waals surface area contributed by atoms with Gasteiger partial charge in [-0.15, -0.1) is 0 Å². The van der Waals surface area contributed by atoms with Gasteiger partial charge in [0.1, 0.15) is 6.10 Å². The Morgan fingerprint density at radius 1 is 0.778 bits per heavy atom. The van der Waals surface area contributed by atoms with Crippen molar-refractivity contribution in [2.75, 3.05) is 48.1 Å². The minimum absolute atomic E-state index is 0.00245. The van der Waals surface area contributed by atoms with E-state index in [1.807, 2.05) is 28.1 Å². The number of methoxy groups -OCH3 is 1. The molecule has 0 rings (SSSR count). The van der Waals surface area contributed by atoms with Crippen LogP contribution in [-0.4, -0.2) is 64.4 Å². The molecule has 0 spiro atoms. The monoisotopic (exact) mass is 531 g/mol. The molecule has 0 aliphatic carbocycles. The summed E-state index contributed by atoms with van der Waals surface area (Å²) in [7, 11) is 3.21. The molecule has 214 valence electrons. The molecule has 36 heavy (non-hydrogen) atoms. The Bertz CT molecular complexity index is 603. The van der Waals surface area contributed by atoms with Gasteiger partial charge in [-0.1, -0.05) is 57.4 Å². The number of rotatable bonds is 25. The smallest absolute Gasteiger partial charge is 0.193 e. The lowest BCUT2D eigenvalue weighted by Gasteiger charge is -2.41. The first-order valence-corrected chi connectivity index (χ1v) is 16.0. The maximum atomic E-state index is 12.7. The number of hydrogen-bond donors (Lipinski definition) is 0. The molecule has 0 aromatic rings. The quantitative estimate of drug-likeness (QED) is 0.0538. The highest BCUT2D eigenvalue weighted by atomic mass is 31.2. The van der Waals surface area contributed by atoms with E-state index in [-0.39, 0.29) is 12.7 Å². The predicted octanol–water partition coefficient (Wildman–Crippen LogP) is 7.23. The van der Waals surface area contributed by atoms with Crippen LogP contribution in [-0.2, 0) is 18.6 Å². The number of nitrogens with zero attached hydrogens (tertiary/aromatic N) is 1. The van der Waals surface area contributed by atoms with Crippen LogP contribution in [0.5, 0.6) is 0 Å². The lowest BCUT2D eigenvalue weighted by atomic mass is 10.1. The fourth-order valence-electron chi connectivity index (χ4n) is 4.05. The molecule has 3 atom stereocenters. The van der Waals surface area contributed by atoms with Crippen LogP contribution in [0.4, 0.5) is 0 Å². The second-order valence-electron chi connectivity index (χ2n) is 10.7. The SMILES string of the molecule is CCCCC/C=C\CCCC/C=C\CCCCCOC[C@H](COP(=O)([O-])C(CCC)[N+](C)(C)C)OC. The van der Waals surface area contributed by atoms with Gasteiger partial charge >= 0.3 is 0 Å². The minimum Gasteiger partial charge on any atom is -0.774 e. The lowest BCUT2D eigenvalue weighted by molar-refractivity contribution is -0.884. The van der Waals surface area contributed by atoms with Gasteiger partial charge in [0.15, 0.2) is 13.4 Å². The van der Waals surface area contributed by atoms with Gasteiger partial charge in [0.2, 0.25) is 0 Å². The molecule has 0 bridgehead atoms. The Morgan fingerprint density at radius 3 is 1.78 bits per heavy atom. The summed E-state index contributed by atoms with van der Waals surface area (Å²) in [5.41, 5.74) is 0. The largest absolute Gasteiger partial charge is 0.774 e. The van der Waals surface area contributed by atoms with E-state index in [2.05, 4.69) is 31.2 Å². The van der Waals surface area contributed by atoms with Crippen molar-refractivity contribution in [3.05, 3.63) is 24.3 Å². The molecule has 0 aliphatic rings. The van der Waals surface area contributed by atoms with E-state index in [4.69, 9.17) is 14.0 Å². The second kappa shape index (κ2) is 22.5. The van der Waals surface area contributed by atoms with E-state index in [1.165, 1.54) is 57.8 Å². The number of hydrogen-bond acceptors (Lipinski definition) is 5. The van der Waals surface area contributed by atoms with Crippen molar-refractivity contribution in [2.24, 2.45) is 0 Å². The molecule has 0 amide bonds. The van der Waals surface area contributed by atoms with E-state index in [1.54, 1.807) is 7.11 Å². The molecule has 0 saturated heterocycles. The molecule has 0 aliphatic heterocycles. The van der Waals surface area contributed by atoms with Gasteiger partial charge < -0.3 is 27.9 Å². The zero-order chi connectivity index (χ0) is 27.1. The first kappa shape index (κ1) is 35.5. The molecule has 7 heteroatoms. The summed E-state index contributed by atoms with van der Waals surface area (Å²) in [4.78, 5) is 12.7.